The molecular formula is C16H24N2O. The van der Waals surface area contributed by atoms with Crippen molar-refractivity contribution in [2.75, 3.05) is 31.2 Å². The summed E-state index contributed by atoms with van der Waals surface area (Å²) < 4.78 is 5.66. The van der Waals surface area contributed by atoms with Crippen LogP contribution in [0, 0.1) is 5.92 Å². The Bertz CT molecular complexity index is 415. The van der Waals surface area contributed by atoms with Crippen molar-refractivity contribution in [1.29, 1.82) is 0 Å². The van der Waals surface area contributed by atoms with Crippen molar-refractivity contribution < 1.29 is 4.74 Å². The summed E-state index contributed by atoms with van der Waals surface area (Å²) in [6.07, 6.45) is 4.86. The predicted molar refractivity (Wildman–Crippen MR) is 78.5 cm³/mol. The average Bonchev–Trinajstić information content (AvgIpc) is 2.49. The van der Waals surface area contributed by atoms with Crippen LogP contribution in [0.3, 0.4) is 0 Å². The quantitative estimate of drug-likeness (QED) is 0.905. The van der Waals surface area contributed by atoms with E-state index in [0.29, 0.717) is 12.0 Å². The molecule has 0 saturated carbocycles. The van der Waals surface area contributed by atoms with Gasteiger partial charge in [0.1, 0.15) is 0 Å². The van der Waals surface area contributed by atoms with Crippen LogP contribution in [0.4, 0.5) is 5.69 Å². The molecule has 1 saturated heterocycles. The van der Waals surface area contributed by atoms with Crippen LogP contribution in [0.1, 0.15) is 24.8 Å². The van der Waals surface area contributed by atoms with E-state index in [9.17, 15) is 0 Å². The maximum absolute atomic E-state index is 6.09. The van der Waals surface area contributed by atoms with Crippen molar-refractivity contribution in [3.8, 4) is 0 Å². The molecule has 2 N–H and O–H groups in total. The topological polar surface area (TPSA) is 38.5 Å². The molecule has 1 aromatic rings. The molecule has 19 heavy (non-hydrogen) atoms. The first-order valence-electron chi connectivity index (χ1n) is 7.52. The molecule has 0 aliphatic carbocycles. The van der Waals surface area contributed by atoms with Gasteiger partial charge < -0.3 is 15.4 Å². The maximum Gasteiger partial charge on any atom is 0.0514 e. The van der Waals surface area contributed by atoms with Crippen LogP contribution in [0.15, 0.2) is 24.3 Å². The van der Waals surface area contributed by atoms with Gasteiger partial charge in [-0.25, -0.2) is 0 Å². The van der Waals surface area contributed by atoms with Gasteiger partial charge in [0.05, 0.1) is 6.61 Å². The van der Waals surface area contributed by atoms with E-state index >= 15 is 0 Å². The molecule has 0 radical (unpaired) electrons. The second-order valence-electron chi connectivity index (χ2n) is 5.71. The Balaban J connectivity index is 1.83. The lowest BCUT2D eigenvalue weighted by atomic mass is 9.90. The fourth-order valence-electron chi connectivity index (χ4n) is 3.55. The smallest absolute Gasteiger partial charge is 0.0514 e. The molecular weight excluding hydrogens is 236 g/mol. The van der Waals surface area contributed by atoms with E-state index in [1.165, 1.54) is 36.9 Å². The lowest BCUT2D eigenvalue weighted by Crippen LogP contribution is -2.50. The van der Waals surface area contributed by atoms with Crippen molar-refractivity contribution in [3.63, 3.8) is 0 Å². The van der Waals surface area contributed by atoms with Gasteiger partial charge >= 0.3 is 0 Å². The Morgan fingerprint density at radius 2 is 2.21 bits per heavy atom. The van der Waals surface area contributed by atoms with Gasteiger partial charge in [-0.3, -0.25) is 0 Å². The van der Waals surface area contributed by atoms with Crippen LogP contribution in [0.25, 0.3) is 0 Å². The Morgan fingerprint density at radius 1 is 1.32 bits per heavy atom. The summed E-state index contributed by atoms with van der Waals surface area (Å²) in [4.78, 5) is 2.54. The fraction of sp³-hybridized carbons (Fsp3) is 0.625. The first-order chi connectivity index (χ1) is 9.40. The number of nitrogens with zero attached hydrogens (tertiary/aromatic N) is 1. The highest BCUT2D eigenvalue weighted by molar-refractivity contribution is 5.56. The average molecular weight is 260 g/mol. The number of anilines is 1. The van der Waals surface area contributed by atoms with Crippen LogP contribution < -0.4 is 10.6 Å². The van der Waals surface area contributed by atoms with E-state index in [4.69, 9.17) is 10.5 Å². The SMILES string of the molecule is NCC(C1CCCOC1)N1CCCc2ccccc21. The molecule has 2 unspecified atom stereocenters. The van der Waals surface area contributed by atoms with Crippen molar-refractivity contribution in [2.24, 2.45) is 11.7 Å². The molecule has 104 valence electrons. The first kappa shape index (κ1) is 12.9. The third kappa shape index (κ3) is 2.63. The normalized spacial score (nSPS) is 24.9. The van der Waals surface area contributed by atoms with E-state index < -0.39 is 0 Å². The van der Waals surface area contributed by atoms with E-state index in [1.54, 1.807) is 0 Å². The van der Waals surface area contributed by atoms with Crippen molar-refractivity contribution in [1.82, 2.24) is 0 Å². The number of ether oxygens (including phenoxy) is 1. The van der Waals surface area contributed by atoms with Gasteiger partial charge in [0.15, 0.2) is 0 Å². The number of aryl methyl sites for hydroxylation is 1. The number of hydrogen-bond donors (Lipinski definition) is 1. The van der Waals surface area contributed by atoms with Crippen LogP contribution in [0.5, 0.6) is 0 Å². The highest BCUT2D eigenvalue weighted by Crippen LogP contribution is 2.32. The van der Waals surface area contributed by atoms with E-state index in [-0.39, 0.29) is 0 Å². The highest BCUT2D eigenvalue weighted by Gasteiger charge is 2.30. The van der Waals surface area contributed by atoms with Crippen molar-refractivity contribution >= 4 is 5.69 Å². The minimum Gasteiger partial charge on any atom is -0.381 e. The molecule has 0 amide bonds. The summed E-state index contributed by atoms with van der Waals surface area (Å²) in [5.74, 6) is 0.588. The Hall–Kier alpha value is -1.06. The molecule has 3 heteroatoms. The molecule has 2 atom stereocenters. The largest absolute Gasteiger partial charge is 0.381 e. The first-order valence-corrected chi connectivity index (χ1v) is 7.52. The number of fused-ring (bicyclic) bond motifs is 1. The second-order valence-corrected chi connectivity index (χ2v) is 5.71. The minimum atomic E-state index is 0.432. The van der Waals surface area contributed by atoms with Crippen LogP contribution in [-0.2, 0) is 11.2 Å². The lowest BCUT2D eigenvalue weighted by molar-refractivity contribution is 0.0445. The summed E-state index contributed by atoms with van der Waals surface area (Å²) in [5.41, 5.74) is 8.97. The summed E-state index contributed by atoms with van der Waals surface area (Å²) in [6.45, 7) is 3.66. The molecule has 3 rings (SSSR count). The number of hydrogen-bond acceptors (Lipinski definition) is 3. The second kappa shape index (κ2) is 5.93. The van der Waals surface area contributed by atoms with Crippen LogP contribution in [0.2, 0.25) is 0 Å². The van der Waals surface area contributed by atoms with Gasteiger partial charge in [0, 0.05) is 37.3 Å². The predicted octanol–water partition coefficient (Wildman–Crippen LogP) is 2.19. The molecule has 2 aliphatic heterocycles. The van der Waals surface area contributed by atoms with Crippen LogP contribution >= 0.6 is 0 Å². The summed E-state index contributed by atoms with van der Waals surface area (Å²) in [6, 6.07) is 9.22. The zero-order chi connectivity index (χ0) is 13.1. The Labute approximate surface area is 115 Å². The molecule has 3 nitrogen and oxygen atoms in total. The zero-order valence-corrected chi connectivity index (χ0v) is 11.6. The Morgan fingerprint density at radius 3 is 3.00 bits per heavy atom. The van der Waals surface area contributed by atoms with Crippen molar-refractivity contribution in [2.45, 2.75) is 31.7 Å². The van der Waals surface area contributed by atoms with E-state index in [2.05, 4.69) is 29.2 Å². The van der Waals surface area contributed by atoms with E-state index in [1.807, 2.05) is 0 Å². The maximum atomic E-state index is 6.09. The lowest BCUT2D eigenvalue weighted by Gasteiger charge is -2.42. The van der Waals surface area contributed by atoms with E-state index in [0.717, 1.165) is 26.3 Å². The molecule has 1 fully saturated rings. The number of benzene rings is 1. The standard InChI is InChI=1S/C16H24N2O/c17-11-16(14-7-4-10-19-12-14)18-9-3-6-13-5-1-2-8-15(13)18/h1-2,5,8,14,16H,3-4,6-7,9-12,17H2. The molecule has 0 bridgehead atoms. The zero-order valence-electron chi connectivity index (χ0n) is 11.6. The monoisotopic (exact) mass is 260 g/mol. The summed E-state index contributed by atoms with van der Waals surface area (Å²) >= 11 is 0. The number of para-hydroxylation sites is 1. The van der Waals surface area contributed by atoms with Gasteiger partial charge in [-0.15, -0.1) is 0 Å². The number of nitrogens with two attached hydrogens (primary N) is 1. The summed E-state index contributed by atoms with van der Waals surface area (Å²) in [7, 11) is 0. The molecule has 2 aliphatic rings. The molecule has 0 spiro atoms. The molecule has 0 aromatic heterocycles. The van der Waals surface area contributed by atoms with Gasteiger partial charge in [-0.1, -0.05) is 18.2 Å². The van der Waals surface area contributed by atoms with Gasteiger partial charge in [0.25, 0.3) is 0 Å². The molecule has 2 heterocycles. The van der Waals surface area contributed by atoms with Gasteiger partial charge in [-0.05, 0) is 37.3 Å². The van der Waals surface area contributed by atoms with Crippen LogP contribution in [-0.4, -0.2) is 32.3 Å². The van der Waals surface area contributed by atoms with Gasteiger partial charge in [-0.2, -0.15) is 0 Å². The Kier molecular flexibility index (Phi) is 4.04. The minimum absolute atomic E-state index is 0.432. The van der Waals surface area contributed by atoms with Gasteiger partial charge in [0.2, 0.25) is 0 Å². The third-order valence-electron chi connectivity index (χ3n) is 4.53. The fourth-order valence-corrected chi connectivity index (χ4v) is 3.55. The third-order valence-corrected chi connectivity index (χ3v) is 4.53. The summed E-state index contributed by atoms with van der Waals surface area (Å²) in [5, 5.41) is 0. The number of rotatable bonds is 3. The molecule has 1 aromatic carbocycles. The van der Waals surface area contributed by atoms with Crippen molar-refractivity contribution in [3.05, 3.63) is 29.8 Å². The highest BCUT2D eigenvalue weighted by atomic mass is 16.5.